The number of methoxy groups -OCH3 is 2. The third kappa shape index (κ3) is 6.05. The minimum Gasteiger partial charge on any atom is -0.497 e. The lowest BCUT2D eigenvalue weighted by molar-refractivity contribution is -0.142. The quantitative estimate of drug-likeness (QED) is 0.488. The number of hydrogen-bond acceptors (Lipinski definition) is 5. The molecule has 0 atom stereocenters. The smallest absolute Gasteiger partial charge is 0.331 e. The van der Waals surface area contributed by atoms with Crippen LogP contribution < -0.4 is 14.8 Å². The molecular weight excluding hydrogens is 429 g/mol. The maximum Gasteiger partial charge on any atom is 0.331 e. The molecule has 28 heavy (non-hydrogen) atoms. The predicted octanol–water partition coefficient (Wildman–Crippen LogP) is 4.86. The Morgan fingerprint density at radius 1 is 1.04 bits per heavy atom. The van der Waals surface area contributed by atoms with Crippen molar-refractivity contribution in [2.75, 3.05) is 26.1 Å². The fourth-order valence-electron chi connectivity index (χ4n) is 2.14. The maximum absolute atomic E-state index is 12.0. The highest BCUT2D eigenvalue weighted by atomic mass is 35.5. The highest BCUT2D eigenvalue weighted by molar-refractivity contribution is 6.42. The van der Waals surface area contributed by atoms with E-state index in [2.05, 4.69) is 5.32 Å². The zero-order valence-corrected chi connectivity index (χ0v) is 17.2. The Balaban J connectivity index is 1.94. The summed E-state index contributed by atoms with van der Waals surface area (Å²) in [5.74, 6) is -0.169. The van der Waals surface area contributed by atoms with Gasteiger partial charge >= 0.3 is 5.97 Å². The van der Waals surface area contributed by atoms with Crippen molar-refractivity contribution in [3.05, 3.63) is 57.0 Å². The van der Waals surface area contributed by atoms with Crippen LogP contribution in [0, 0.1) is 0 Å². The van der Waals surface area contributed by atoms with Gasteiger partial charge in [0.2, 0.25) is 0 Å². The lowest BCUT2D eigenvalue weighted by atomic mass is 10.2. The van der Waals surface area contributed by atoms with Gasteiger partial charge in [-0.15, -0.1) is 0 Å². The van der Waals surface area contributed by atoms with Gasteiger partial charge in [0, 0.05) is 22.7 Å². The van der Waals surface area contributed by atoms with Gasteiger partial charge in [0.1, 0.15) is 11.5 Å². The molecule has 0 aliphatic carbocycles. The Morgan fingerprint density at radius 2 is 1.71 bits per heavy atom. The van der Waals surface area contributed by atoms with Crippen LogP contribution >= 0.6 is 34.8 Å². The van der Waals surface area contributed by atoms with Crippen LogP contribution in [-0.4, -0.2) is 32.7 Å². The molecule has 0 aliphatic rings. The van der Waals surface area contributed by atoms with Crippen LogP contribution in [0.2, 0.25) is 15.1 Å². The summed E-state index contributed by atoms with van der Waals surface area (Å²) in [4.78, 5) is 23.8. The number of hydrogen-bond donors (Lipinski definition) is 1. The molecular formula is C19H16Cl3NO5. The molecule has 2 aromatic carbocycles. The molecule has 6 nitrogen and oxygen atoms in total. The van der Waals surface area contributed by atoms with E-state index >= 15 is 0 Å². The highest BCUT2D eigenvalue weighted by Crippen LogP contribution is 2.33. The average molecular weight is 445 g/mol. The van der Waals surface area contributed by atoms with Crippen LogP contribution in [0.5, 0.6) is 11.5 Å². The number of anilines is 1. The number of esters is 1. The van der Waals surface area contributed by atoms with Crippen molar-refractivity contribution < 1.29 is 23.8 Å². The Morgan fingerprint density at radius 3 is 2.32 bits per heavy atom. The van der Waals surface area contributed by atoms with Crippen LogP contribution in [0.15, 0.2) is 36.4 Å². The van der Waals surface area contributed by atoms with Gasteiger partial charge in [-0.2, -0.15) is 0 Å². The summed E-state index contributed by atoms with van der Waals surface area (Å²) >= 11 is 17.8. The third-order valence-electron chi connectivity index (χ3n) is 3.46. The summed E-state index contributed by atoms with van der Waals surface area (Å²) in [7, 11) is 3.04. The van der Waals surface area contributed by atoms with Crippen molar-refractivity contribution in [2.45, 2.75) is 0 Å². The molecule has 0 spiro atoms. The van der Waals surface area contributed by atoms with Gasteiger partial charge in [-0.3, -0.25) is 4.79 Å². The van der Waals surface area contributed by atoms with Crippen molar-refractivity contribution in [3.63, 3.8) is 0 Å². The molecule has 2 aromatic rings. The van der Waals surface area contributed by atoms with Crippen LogP contribution in [0.4, 0.5) is 5.69 Å². The van der Waals surface area contributed by atoms with Crippen molar-refractivity contribution in [1.29, 1.82) is 0 Å². The Hall–Kier alpha value is -2.41. The molecule has 0 aromatic heterocycles. The summed E-state index contributed by atoms with van der Waals surface area (Å²) in [6.07, 6.45) is 2.69. The van der Waals surface area contributed by atoms with E-state index in [0.29, 0.717) is 22.1 Å². The number of carbonyl (C=O) groups excluding carboxylic acids is 2. The molecule has 0 heterocycles. The van der Waals surface area contributed by atoms with Gasteiger partial charge in [-0.25, -0.2) is 4.79 Å². The van der Waals surface area contributed by atoms with Crippen LogP contribution in [0.3, 0.4) is 0 Å². The SMILES string of the molecule is COc1ccc(/C=C/C(=O)OCC(=O)Nc2c(Cl)cc(Cl)cc2Cl)c(OC)c1. The van der Waals surface area contributed by atoms with E-state index in [1.165, 1.54) is 38.5 Å². The Kier molecular flexibility index (Phi) is 7.99. The number of nitrogens with one attached hydrogen (secondary N) is 1. The predicted molar refractivity (Wildman–Crippen MR) is 110 cm³/mol. The molecule has 1 N–H and O–H groups in total. The van der Waals surface area contributed by atoms with Crippen LogP contribution in [-0.2, 0) is 14.3 Å². The molecule has 9 heteroatoms. The Bertz CT molecular complexity index is 891. The van der Waals surface area contributed by atoms with Gasteiger partial charge in [0.15, 0.2) is 6.61 Å². The summed E-state index contributed by atoms with van der Waals surface area (Å²) in [6, 6.07) is 7.99. The van der Waals surface area contributed by atoms with Gasteiger partial charge in [-0.1, -0.05) is 34.8 Å². The molecule has 0 unspecified atom stereocenters. The highest BCUT2D eigenvalue weighted by Gasteiger charge is 2.12. The molecule has 2 rings (SSSR count). The standard InChI is InChI=1S/C19H16Cl3NO5/c1-26-13-5-3-11(16(9-13)27-2)4-6-18(25)28-10-17(24)23-19-14(21)7-12(20)8-15(19)22/h3-9H,10H2,1-2H3,(H,23,24)/b6-4+. The zero-order chi connectivity index (χ0) is 20.7. The molecule has 0 saturated carbocycles. The van der Waals surface area contributed by atoms with E-state index < -0.39 is 18.5 Å². The summed E-state index contributed by atoms with van der Waals surface area (Å²) in [5, 5.41) is 3.14. The Labute approximate surface area is 176 Å². The number of rotatable bonds is 7. The van der Waals surface area contributed by atoms with Gasteiger partial charge in [-0.05, 0) is 30.3 Å². The molecule has 0 aliphatic heterocycles. The maximum atomic E-state index is 12.0. The van der Waals surface area contributed by atoms with Gasteiger partial charge in [0.05, 0.1) is 30.0 Å². The molecule has 148 valence electrons. The van der Waals surface area contributed by atoms with E-state index in [-0.39, 0.29) is 15.7 Å². The van der Waals surface area contributed by atoms with Crippen molar-refractivity contribution in [3.8, 4) is 11.5 Å². The number of benzene rings is 2. The lowest BCUT2D eigenvalue weighted by Gasteiger charge is -2.10. The fourth-order valence-corrected chi connectivity index (χ4v) is 3.05. The molecule has 0 saturated heterocycles. The van der Waals surface area contributed by atoms with Crippen molar-refractivity contribution >= 4 is 58.4 Å². The monoisotopic (exact) mass is 443 g/mol. The first kappa shape index (κ1) is 21.9. The van der Waals surface area contributed by atoms with Crippen LogP contribution in [0.25, 0.3) is 6.08 Å². The van der Waals surface area contributed by atoms with Gasteiger partial charge in [0.25, 0.3) is 5.91 Å². The van der Waals surface area contributed by atoms with Crippen molar-refractivity contribution in [1.82, 2.24) is 0 Å². The number of amides is 1. The van der Waals surface area contributed by atoms with Crippen molar-refractivity contribution in [2.24, 2.45) is 0 Å². The molecule has 0 fully saturated rings. The summed E-state index contributed by atoms with van der Waals surface area (Å²) in [5.41, 5.74) is 0.830. The van der Waals surface area contributed by atoms with Crippen LogP contribution in [0.1, 0.15) is 5.56 Å². The zero-order valence-electron chi connectivity index (χ0n) is 14.9. The third-order valence-corrected chi connectivity index (χ3v) is 4.27. The molecule has 0 radical (unpaired) electrons. The minimum atomic E-state index is -0.707. The topological polar surface area (TPSA) is 73.9 Å². The van der Waals surface area contributed by atoms with E-state index in [1.807, 2.05) is 0 Å². The number of halogens is 3. The second kappa shape index (κ2) is 10.2. The van der Waals surface area contributed by atoms with E-state index in [0.717, 1.165) is 0 Å². The van der Waals surface area contributed by atoms with Gasteiger partial charge < -0.3 is 19.5 Å². The largest absolute Gasteiger partial charge is 0.497 e. The number of ether oxygens (including phenoxy) is 3. The first-order valence-electron chi connectivity index (χ1n) is 7.85. The number of carbonyl (C=O) groups is 2. The molecule has 0 bridgehead atoms. The summed E-state index contributed by atoms with van der Waals surface area (Å²) in [6.45, 7) is -0.516. The minimum absolute atomic E-state index is 0.170. The first-order chi connectivity index (χ1) is 13.3. The second-order valence-electron chi connectivity index (χ2n) is 5.34. The van der Waals surface area contributed by atoms with E-state index in [1.54, 1.807) is 18.2 Å². The summed E-state index contributed by atoms with van der Waals surface area (Å²) < 4.78 is 15.2. The second-order valence-corrected chi connectivity index (χ2v) is 6.59. The first-order valence-corrected chi connectivity index (χ1v) is 8.98. The van der Waals surface area contributed by atoms with E-state index in [9.17, 15) is 9.59 Å². The fraction of sp³-hybridized carbons (Fsp3) is 0.158. The normalized spacial score (nSPS) is 10.6. The lowest BCUT2D eigenvalue weighted by Crippen LogP contribution is -2.20. The molecule has 1 amide bonds. The van der Waals surface area contributed by atoms with E-state index in [4.69, 9.17) is 49.0 Å². The average Bonchev–Trinajstić information content (AvgIpc) is 2.67.